The Hall–Kier alpha value is -0.640. The number of nitrogens with one attached hydrogen (secondary N) is 1. The molecule has 18 heavy (non-hydrogen) atoms. The van der Waals surface area contributed by atoms with Gasteiger partial charge in [-0.2, -0.15) is 0 Å². The maximum atomic E-state index is 3.52. The zero-order valence-electron chi connectivity index (χ0n) is 10.9. The molecule has 2 rings (SSSR count). The van der Waals surface area contributed by atoms with Gasteiger partial charge in [-0.25, -0.2) is 0 Å². The summed E-state index contributed by atoms with van der Waals surface area (Å²) in [6, 6.07) is 13.5. The third-order valence-corrected chi connectivity index (χ3v) is 4.79. The van der Waals surface area contributed by atoms with Crippen molar-refractivity contribution in [2.24, 2.45) is 0 Å². The van der Waals surface area contributed by atoms with Gasteiger partial charge in [-0.05, 0) is 52.2 Å². The SMILES string of the molecule is CNC(c1ccc(C(C)C)cc1)c1ccc(Br)s1. The lowest BCUT2D eigenvalue weighted by atomic mass is 9.98. The maximum absolute atomic E-state index is 3.52. The van der Waals surface area contributed by atoms with E-state index in [0.29, 0.717) is 5.92 Å². The highest BCUT2D eigenvalue weighted by Crippen LogP contribution is 2.31. The standard InChI is InChI=1S/C15H18BrNS/c1-10(2)11-4-6-12(7-5-11)15(17-3)13-8-9-14(16)18-13/h4-10,15,17H,1-3H3. The first-order valence-electron chi connectivity index (χ1n) is 6.14. The number of hydrogen-bond donors (Lipinski definition) is 1. The second-order valence-electron chi connectivity index (χ2n) is 4.68. The molecule has 2 aromatic rings. The summed E-state index contributed by atoms with van der Waals surface area (Å²) in [5.41, 5.74) is 2.71. The molecular formula is C15H18BrNS. The fourth-order valence-corrected chi connectivity index (χ4v) is 3.59. The highest BCUT2D eigenvalue weighted by atomic mass is 79.9. The van der Waals surface area contributed by atoms with Crippen LogP contribution in [0.1, 0.15) is 41.8 Å². The fraction of sp³-hybridized carbons (Fsp3) is 0.333. The van der Waals surface area contributed by atoms with Crippen molar-refractivity contribution in [3.63, 3.8) is 0 Å². The van der Waals surface area contributed by atoms with E-state index in [9.17, 15) is 0 Å². The van der Waals surface area contributed by atoms with Gasteiger partial charge in [0.25, 0.3) is 0 Å². The molecule has 1 N–H and O–H groups in total. The van der Waals surface area contributed by atoms with Crippen LogP contribution in [-0.2, 0) is 0 Å². The molecule has 1 aromatic heterocycles. The van der Waals surface area contributed by atoms with Gasteiger partial charge in [-0.1, -0.05) is 38.1 Å². The first-order chi connectivity index (χ1) is 8.61. The molecule has 0 bridgehead atoms. The Kier molecular flexibility index (Phi) is 4.60. The molecule has 0 fully saturated rings. The average Bonchev–Trinajstić information content (AvgIpc) is 2.77. The Morgan fingerprint density at radius 1 is 1.00 bits per heavy atom. The van der Waals surface area contributed by atoms with E-state index in [1.54, 1.807) is 11.3 Å². The van der Waals surface area contributed by atoms with Crippen LogP contribution >= 0.6 is 27.3 Å². The van der Waals surface area contributed by atoms with E-state index in [-0.39, 0.29) is 6.04 Å². The van der Waals surface area contributed by atoms with E-state index in [1.165, 1.54) is 19.8 Å². The monoisotopic (exact) mass is 323 g/mol. The van der Waals surface area contributed by atoms with Crippen LogP contribution in [0.3, 0.4) is 0 Å². The van der Waals surface area contributed by atoms with Crippen LogP contribution in [0.5, 0.6) is 0 Å². The summed E-state index contributed by atoms with van der Waals surface area (Å²) in [6.45, 7) is 4.45. The predicted octanol–water partition coefficient (Wildman–Crippen LogP) is 4.94. The highest BCUT2D eigenvalue weighted by Gasteiger charge is 2.14. The molecule has 0 spiro atoms. The molecule has 3 heteroatoms. The van der Waals surface area contributed by atoms with Crippen LogP contribution in [-0.4, -0.2) is 7.05 Å². The number of thiophene rings is 1. The quantitative estimate of drug-likeness (QED) is 0.840. The van der Waals surface area contributed by atoms with Crippen LogP contribution in [0.15, 0.2) is 40.2 Å². The van der Waals surface area contributed by atoms with Gasteiger partial charge < -0.3 is 5.32 Å². The lowest BCUT2D eigenvalue weighted by molar-refractivity contribution is 0.703. The smallest absolute Gasteiger partial charge is 0.0702 e. The van der Waals surface area contributed by atoms with E-state index in [2.05, 4.69) is 71.5 Å². The van der Waals surface area contributed by atoms with Crippen LogP contribution in [0.4, 0.5) is 0 Å². The van der Waals surface area contributed by atoms with Gasteiger partial charge in [0.1, 0.15) is 0 Å². The van der Waals surface area contributed by atoms with Crippen molar-refractivity contribution in [1.82, 2.24) is 5.32 Å². The zero-order chi connectivity index (χ0) is 13.1. The van der Waals surface area contributed by atoms with Crippen molar-refractivity contribution in [2.75, 3.05) is 7.05 Å². The second kappa shape index (κ2) is 6.00. The van der Waals surface area contributed by atoms with Crippen LogP contribution in [0, 0.1) is 0 Å². The molecule has 0 amide bonds. The lowest BCUT2D eigenvalue weighted by Gasteiger charge is -2.16. The minimum absolute atomic E-state index is 0.280. The van der Waals surface area contributed by atoms with Gasteiger partial charge in [-0.3, -0.25) is 0 Å². The second-order valence-corrected chi connectivity index (χ2v) is 7.18. The molecule has 0 aliphatic carbocycles. The van der Waals surface area contributed by atoms with Gasteiger partial charge >= 0.3 is 0 Å². The zero-order valence-corrected chi connectivity index (χ0v) is 13.3. The van der Waals surface area contributed by atoms with Gasteiger partial charge in [0.2, 0.25) is 0 Å². The minimum atomic E-state index is 0.280. The largest absolute Gasteiger partial charge is 0.309 e. The topological polar surface area (TPSA) is 12.0 Å². The third kappa shape index (κ3) is 3.02. The Morgan fingerprint density at radius 2 is 1.61 bits per heavy atom. The number of benzene rings is 1. The molecule has 0 aliphatic rings. The predicted molar refractivity (Wildman–Crippen MR) is 83.5 cm³/mol. The molecule has 0 saturated heterocycles. The molecule has 0 aliphatic heterocycles. The molecule has 1 heterocycles. The number of rotatable bonds is 4. The number of hydrogen-bond acceptors (Lipinski definition) is 2. The summed E-state index contributed by atoms with van der Waals surface area (Å²) >= 11 is 5.30. The van der Waals surface area contributed by atoms with Crippen molar-refractivity contribution in [3.05, 3.63) is 56.2 Å². The Morgan fingerprint density at radius 3 is 2.06 bits per heavy atom. The first-order valence-corrected chi connectivity index (χ1v) is 7.75. The van der Waals surface area contributed by atoms with E-state index < -0.39 is 0 Å². The molecular weight excluding hydrogens is 306 g/mol. The van der Waals surface area contributed by atoms with E-state index >= 15 is 0 Å². The summed E-state index contributed by atoms with van der Waals surface area (Å²) < 4.78 is 1.18. The fourth-order valence-electron chi connectivity index (χ4n) is 2.03. The van der Waals surface area contributed by atoms with E-state index in [4.69, 9.17) is 0 Å². The summed E-state index contributed by atoms with van der Waals surface area (Å²) in [4.78, 5) is 1.33. The molecule has 96 valence electrons. The molecule has 1 nitrogen and oxygen atoms in total. The van der Waals surface area contributed by atoms with Crippen molar-refractivity contribution >= 4 is 27.3 Å². The molecule has 0 radical (unpaired) electrons. The van der Waals surface area contributed by atoms with Gasteiger partial charge in [-0.15, -0.1) is 11.3 Å². The summed E-state index contributed by atoms with van der Waals surface area (Å²) in [5, 5.41) is 3.39. The molecule has 0 saturated carbocycles. The summed E-state index contributed by atoms with van der Waals surface area (Å²) in [6.07, 6.45) is 0. The van der Waals surface area contributed by atoms with Crippen LogP contribution in [0.2, 0.25) is 0 Å². The molecule has 1 aromatic carbocycles. The number of halogens is 1. The van der Waals surface area contributed by atoms with E-state index in [1.807, 2.05) is 7.05 Å². The molecule has 1 unspecified atom stereocenters. The van der Waals surface area contributed by atoms with Crippen LogP contribution < -0.4 is 5.32 Å². The summed E-state index contributed by atoms with van der Waals surface area (Å²) in [7, 11) is 2.01. The Balaban J connectivity index is 2.28. The van der Waals surface area contributed by atoms with Crippen molar-refractivity contribution in [1.29, 1.82) is 0 Å². The van der Waals surface area contributed by atoms with Crippen molar-refractivity contribution in [2.45, 2.75) is 25.8 Å². The van der Waals surface area contributed by atoms with Gasteiger partial charge in [0, 0.05) is 4.88 Å². The Bertz CT molecular complexity index is 501. The average molecular weight is 324 g/mol. The normalized spacial score (nSPS) is 12.9. The third-order valence-electron chi connectivity index (χ3n) is 3.10. The lowest BCUT2D eigenvalue weighted by Crippen LogP contribution is -2.16. The van der Waals surface area contributed by atoms with Crippen molar-refractivity contribution in [3.8, 4) is 0 Å². The van der Waals surface area contributed by atoms with E-state index in [0.717, 1.165) is 0 Å². The highest BCUT2D eigenvalue weighted by molar-refractivity contribution is 9.11. The minimum Gasteiger partial charge on any atom is -0.309 e. The molecule has 1 atom stereocenters. The van der Waals surface area contributed by atoms with Crippen molar-refractivity contribution < 1.29 is 0 Å². The first kappa shape index (κ1) is 13.8. The Labute approximate surface area is 121 Å². The van der Waals surface area contributed by atoms with Crippen LogP contribution in [0.25, 0.3) is 0 Å². The maximum Gasteiger partial charge on any atom is 0.0702 e. The summed E-state index contributed by atoms with van der Waals surface area (Å²) in [5.74, 6) is 0.586. The van der Waals surface area contributed by atoms with Gasteiger partial charge in [0.05, 0.1) is 9.83 Å². The van der Waals surface area contributed by atoms with Gasteiger partial charge in [0.15, 0.2) is 0 Å².